The molecule has 0 heterocycles. The van der Waals surface area contributed by atoms with Crippen LogP contribution >= 0.6 is 15.6 Å². The molecule has 0 aromatic heterocycles. The van der Waals surface area contributed by atoms with Crippen molar-refractivity contribution in [3.05, 3.63) is 116 Å². The number of phosphoric acid groups is 2. The summed E-state index contributed by atoms with van der Waals surface area (Å²) in [5, 5.41) is 13.0. The molecule has 4 N–H and O–H groups in total. The maximum Gasteiger partial charge on any atom is 0.536 e. The molecule has 1 unspecified atom stereocenters. The van der Waals surface area contributed by atoms with E-state index < -0.39 is 15.6 Å². The van der Waals surface area contributed by atoms with Gasteiger partial charge in [0, 0.05) is 16.7 Å². The van der Waals surface area contributed by atoms with Crippen LogP contribution in [0.1, 0.15) is 61.2 Å². The molecule has 51 heavy (non-hydrogen) atoms. The lowest BCUT2D eigenvalue weighted by molar-refractivity contribution is 0.230. The van der Waals surface area contributed by atoms with Gasteiger partial charge in [0.25, 0.3) is 0 Å². The van der Waals surface area contributed by atoms with Crippen molar-refractivity contribution in [3.8, 4) is 56.0 Å². The van der Waals surface area contributed by atoms with E-state index in [-0.39, 0.29) is 17.1 Å². The standard InChI is InChI=1S/C41H46O8P2/c1-21-15-26(6)33(27(7)16-21)36-37(34-28(8)17-22(2)18-29(34)9)40(42)39(32-24(4)13-12-14-25(32)5)41(48-51(46,47)49-50(43,44)45)38(36)35-30(10)19-23(3)20-31(35)11/h12-20,42H,1-11H3,(H,46,47)(H2,43,44,45). The Morgan fingerprint density at radius 2 is 0.784 bits per heavy atom. The first kappa shape index (κ1) is 38.2. The van der Waals surface area contributed by atoms with Crippen molar-refractivity contribution in [1.82, 2.24) is 0 Å². The average molecular weight is 729 g/mol. The second-order valence-electron chi connectivity index (χ2n) is 13.9. The van der Waals surface area contributed by atoms with Gasteiger partial charge in [-0.3, -0.25) is 4.89 Å². The number of aryl methyl sites for hydroxylation is 11. The molecule has 1 atom stereocenters. The molecule has 0 spiro atoms. The van der Waals surface area contributed by atoms with Crippen molar-refractivity contribution in [2.24, 2.45) is 0 Å². The molecule has 0 aliphatic rings. The number of phenolic OH excluding ortho intramolecular Hbond substituents is 1. The van der Waals surface area contributed by atoms with Crippen LogP contribution in [0.4, 0.5) is 0 Å². The summed E-state index contributed by atoms with van der Waals surface area (Å²) in [4.78, 5) is 30.5. The molecule has 5 aromatic rings. The van der Waals surface area contributed by atoms with Crippen LogP contribution in [0, 0.1) is 76.2 Å². The van der Waals surface area contributed by atoms with Crippen LogP contribution in [0.5, 0.6) is 11.5 Å². The summed E-state index contributed by atoms with van der Waals surface area (Å²) < 4.78 is 36.2. The van der Waals surface area contributed by atoms with E-state index in [1.165, 1.54) is 0 Å². The Bertz CT molecular complexity index is 2240. The van der Waals surface area contributed by atoms with Crippen molar-refractivity contribution in [2.75, 3.05) is 0 Å². The van der Waals surface area contributed by atoms with Crippen LogP contribution in [0.2, 0.25) is 0 Å². The van der Waals surface area contributed by atoms with Gasteiger partial charge in [0.2, 0.25) is 0 Å². The van der Waals surface area contributed by atoms with Crippen LogP contribution in [0.15, 0.2) is 54.6 Å². The van der Waals surface area contributed by atoms with Gasteiger partial charge in [0.15, 0.2) is 5.75 Å². The van der Waals surface area contributed by atoms with Gasteiger partial charge in [-0.15, -0.1) is 0 Å². The van der Waals surface area contributed by atoms with Gasteiger partial charge >= 0.3 is 15.6 Å². The van der Waals surface area contributed by atoms with Crippen molar-refractivity contribution in [3.63, 3.8) is 0 Å². The molecule has 0 radical (unpaired) electrons. The summed E-state index contributed by atoms with van der Waals surface area (Å²) >= 11 is 0. The summed E-state index contributed by atoms with van der Waals surface area (Å²) in [5.74, 6) is -0.450. The maximum absolute atomic E-state index is 13.7. The lowest BCUT2D eigenvalue weighted by Crippen LogP contribution is -2.07. The Labute approximate surface area is 300 Å². The van der Waals surface area contributed by atoms with Crippen LogP contribution in [0.25, 0.3) is 44.5 Å². The van der Waals surface area contributed by atoms with E-state index in [2.05, 4.69) is 16.4 Å². The van der Waals surface area contributed by atoms with Gasteiger partial charge < -0.3 is 19.4 Å². The third-order valence-corrected chi connectivity index (χ3v) is 11.4. The maximum atomic E-state index is 13.7. The van der Waals surface area contributed by atoms with E-state index in [9.17, 15) is 28.9 Å². The SMILES string of the molecule is Cc1cc(C)c(-c2c(O)c(-c3c(C)cccc3C)c(OP(=O)(O)OP(=O)(O)O)c(-c3c(C)cc(C)cc3C)c2-c2c(C)cc(C)cc2C)c(C)c1. The minimum atomic E-state index is -5.55. The summed E-state index contributed by atoms with van der Waals surface area (Å²) in [6.07, 6.45) is 0. The molecule has 5 aromatic carbocycles. The van der Waals surface area contributed by atoms with Gasteiger partial charge in [-0.05, 0) is 143 Å². The van der Waals surface area contributed by atoms with E-state index in [0.29, 0.717) is 27.8 Å². The highest BCUT2D eigenvalue weighted by molar-refractivity contribution is 7.60. The van der Waals surface area contributed by atoms with Crippen LogP contribution in [-0.4, -0.2) is 19.8 Å². The zero-order valence-electron chi connectivity index (χ0n) is 31.0. The predicted molar refractivity (Wildman–Crippen MR) is 206 cm³/mol. The minimum absolute atomic E-state index is 0.101. The van der Waals surface area contributed by atoms with Crippen LogP contribution < -0.4 is 4.52 Å². The summed E-state index contributed by atoms with van der Waals surface area (Å²) in [5.41, 5.74) is 14.1. The summed E-state index contributed by atoms with van der Waals surface area (Å²) in [7, 11) is -11.1. The fraction of sp³-hybridized carbons (Fsp3) is 0.268. The first-order valence-corrected chi connectivity index (χ1v) is 19.7. The third-order valence-electron chi connectivity index (χ3n) is 9.36. The Kier molecular flexibility index (Phi) is 10.4. The Balaban J connectivity index is 2.24. The zero-order chi connectivity index (χ0) is 37.9. The Morgan fingerprint density at radius 1 is 0.451 bits per heavy atom. The molecule has 0 saturated carbocycles. The number of phosphoric ester groups is 1. The second-order valence-corrected chi connectivity index (χ2v) is 16.7. The van der Waals surface area contributed by atoms with E-state index in [1.807, 2.05) is 119 Å². The molecule has 10 heteroatoms. The number of benzene rings is 5. The fourth-order valence-corrected chi connectivity index (χ4v) is 9.59. The molecule has 268 valence electrons. The highest BCUT2D eigenvalue weighted by Crippen LogP contribution is 2.64. The minimum Gasteiger partial charge on any atom is -0.506 e. The van der Waals surface area contributed by atoms with Gasteiger partial charge in [0.05, 0.1) is 5.56 Å². The Morgan fingerprint density at radius 3 is 1.16 bits per heavy atom. The molecule has 8 nitrogen and oxygen atoms in total. The smallest absolute Gasteiger partial charge is 0.506 e. The second kappa shape index (κ2) is 13.9. The average Bonchev–Trinajstić information content (AvgIpc) is 2.94. The van der Waals surface area contributed by atoms with Crippen molar-refractivity contribution < 1.29 is 37.8 Å². The molecule has 0 amide bonds. The normalized spacial score (nSPS) is 13.0. The zero-order valence-corrected chi connectivity index (χ0v) is 32.8. The highest BCUT2D eigenvalue weighted by atomic mass is 31.3. The molecule has 0 aliphatic heterocycles. The van der Waals surface area contributed by atoms with E-state index in [4.69, 9.17) is 4.52 Å². The highest BCUT2D eigenvalue weighted by Gasteiger charge is 2.39. The lowest BCUT2D eigenvalue weighted by atomic mass is 9.76. The number of hydrogen-bond acceptors (Lipinski definition) is 5. The molecule has 0 aliphatic carbocycles. The number of rotatable bonds is 8. The monoisotopic (exact) mass is 728 g/mol. The molecular formula is C41H46O8P2. The van der Waals surface area contributed by atoms with Gasteiger partial charge in [-0.25, -0.2) is 9.13 Å². The first-order valence-electron chi connectivity index (χ1n) is 16.6. The summed E-state index contributed by atoms with van der Waals surface area (Å²) in [6, 6.07) is 17.8. The van der Waals surface area contributed by atoms with E-state index in [1.54, 1.807) is 0 Å². The molecule has 0 fully saturated rings. The van der Waals surface area contributed by atoms with Crippen molar-refractivity contribution >= 4 is 15.6 Å². The van der Waals surface area contributed by atoms with Gasteiger partial charge in [-0.1, -0.05) is 71.3 Å². The third kappa shape index (κ3) is 7.50. The lowest BCUT2D eigenvalue weighted by Gasteiger charge is -2.30. The first-order chi connectivity index (χ1) is 23.6. The molecule has 0 saturated heterocycles. The largest absolute Gasteiger partial charge is 0.536 e. The summed E-state index contributed by atoms with van der Waals surface area (Å²) in [6.45, 7) is 21.6. The van der Waals surface area contributed by atoms with Crippen molar-refractivity contribution in [2.45, 2.75) is 76.2 Å². The van der Waals surface area contributed by atoms with E-state index in [0.717, 1.165) is 72.3 Å². The number of aromatic hydroxyl groups is 1. The van der Waals surface area contributed by atoms with Crippen LogP contribution in [0.3, 0.4) is 0 Å². The molecular weight excluding hydrogens is 682 g/mol. The fourth-order valence-electron chi connectivity index (χ4n) is 7.97. The predicted octanol–water partition coefficient (Wildman–Crippen LogP) is 11.0. The van der Waals surface area contributed by atoms with Gasteiger partial charge in [-0.2, -0.15) is 4.31 Å². The van der Waals surface area contributed by atoms with Crippen molar-refractivity contribution in [1.29, 1.82) is 0 Å². The Hall–Kier alpha value is -4.00. The number of phenols is 1. The molecule has 0 bridgehead atoms. The number of hydrogen-bond donors (Lipinski definition) is 4. The molecule has 5 rings (SSSR count). The van der Waals surface area contributed by atoms with E-state index >= 15 is 0 Å². The topological polar surface area (TPSA) is 134 Å². The quantitative estimate of drug-likeness (QED) is 0.116. The van der Waals surface area contributed by atoms with Crippen LogP contribution in [-0.2, 0) is 13.4 Å². The van der Waals surface area contributed by atoms with Gasteiger partial charge in [0.1, 0.15) is 5.75 Å².